The minimum Gasteiger partial charge on any atom is -0.379 e. The van der Waals surface area contributed by atoms with E-state index in [1.165, 1.54) is 21.9 Å². The van der Waals surface area contributed by atoms with Gasteiger partial charge in [-0.2, -0.15) is 0 Å². The molecule has 0 fully saturated rings. The normalized spacial score (nSPS) is 11.8. The molecular weight excluding hydrogens is 444 g/mol. The Bertz CT molecular complexity index is 1170. The van der Waals surface area contributed by atoms with Crippen molar-refractivity contribution in [2.45, 2.75) is 39.8 Å². The van der Waals surface area contributed by atoms with Crippen LogP contribution in [0.15, 0.2) is 48.5 Å². The number of nitrogens with zero attached hydrogens (tertiary/aromatic N) is 1. The minimum atomic E-state index is -3.48. The Labute approximate surface area is 194 Å². The second kappa shape index (κ2) is 10.5. The number of anilines is 1. The molecule has 0 aliphatic rings. The summed E-state index contributed by atoms with van der Waals surface area (Å²) in [6.07, 6.45) is 2.14. The van der Waals surface area contributed by atoms with Gasteiger partial charge in [-0.1, -0.05) is 29.8 Å². The molecule has 0 saturated heterocycles. The molecule has 6 nitrogen and oxygen atoms in total. The number of aryl methyl sites for hydroxylation is 1. The average Bonchev–Trinajstić information content (AvgIpc) is 3.15. The molecule has 3 rings (SSSR count). The molecule has 1 amide bonds. The molecular formula is C24H30N2O4S2. The van der Waals surface area contributed by atoms with Crippen molar-refractivity contribution in [3.8, 4) is 0 Å². The zero-order chi connectivity index (χ0) is 23.3. The molecule has 172 valence electrons. The number of amides is 1. The summed E-state index contributed by atoms with van der Waals surface area (Å²) in [5.41, 5.74) is 2.61. The van der Waals surface area contributed by atoms with E-state index in [0.29, 0.717) is 23.7 Å². The van der Waals surface area contributed by atoms with Gasteiger partial charge in [0.1, 0.15) is 0 Å². The standard InChI is InChI=1S/C24H30N2O4S2/c1-17(2)30-13-5-12-25-24(27)23-15-20-14-21(10-11-22(20)31-23)26(32(4,28)29)16-19-8-6-18(3)7-9-19/h6-11,14-15,17H,5,12-13,16H2,1-4H3,(H,25,27). The Morgan fingerprint density at radius 1 is 1.12 bits per heavy atom. The fourth-order valence-electron chi connectivity index (χ4n) is 3.24. The molecule has 0 bridgehead atoms. The Balaban J connectivity index is 1.75. The molecule has 0 saturated carbocycles. The molecule has 0 aliphatic carbocycles. The number of benzene rings is 2. The topological polar surface area (TPSA) is 75.7 Å². The molecule has 2 aromatic carbocycles. The first-order chi connectivity index (χ1) is 15.1. The van der Waals surface area contributed by atoms with Gasteiger partial charge in [0.25, 0.3) is 5.91 Å². The van der Waals surface area contributed by atoms with E-state index >= 15 is 0 Å². The summed E-state index contributed by atoms with van der Waals surface area (Å²) in [5.74, 6) is -0.128. The number of carbonyl (C=O) groups is 1. The Hall–Kier alpha value is -2.42. The van der Waals surface area contributed by atoms with E-state index in [1.54, 1.807) is 6.07 Å². The second-order valence-electron chi connectivity index (χ2n) is 8.12. The second-order valence-corrected chi connectivity index (χ2v) is 11.1. The molecule has 0 radical (unpaired) electrons. The maximum Gasteiger partial charge on any atom is 0.261 e. The molecule has 1 heterocycles. The number of ether oxygens (including phenoxy) is 1. The lowest BCUT2D eigenvalue weighted by atomic mass is 10.1. The van der Waals surface area contributed by atoms with Crippen LogP contribution in [-0.4, -0.2) is 39.8 Å². The lowest BCUT2D eigenvalue weighted by Gasteiger charge is -2.22. The van der Waals surface area contributed by atoms with Crippen molar-refractivity contribution in [2.24, 2.45) is 0 Å². The summed E-state index contributed by atoms with van der Waals surface area (Å²) in [6.45, 7) is 7.36. The number of nitrogens with one attached hydrogen (secondary N) is 1. The summed E-state index contributed by atoms with van der Waals surface area (Å²) in [5, 5.41) is 3.76. The van der Waals surface area contributed by atoms with Gasteiger partial charge < -0.3 is 10.1 Å². The van der Waals surface area contributed by atoms with E-state index < -0.39 is 10.0 Å². The van der Waals surface area contributed by atoms with Crippen LogP contribution in [0.5, 0.6) is 0 Å². The SMILES string of the molecule is Cc1ccc(CN(c2ccc3sc(C(=O)NCCCOC(C)C)cc3c2)S(C)(=O)=O)cc1. The van der Waals surface area contributed by atoms with E-state index in [2.05, 4.69) is 5.32 Å². The van der Waals surface area contributed by atoms with Crippen LogP contribution in [0, 0.1) is 6.92 Å². The zero-order valence-electron chi connectivity index (χ0n) is 18.9. The van der Waals surface area contributed by atoms with Crippen LogP contribution in [0.25, 0.3) is 10.1 Å². The first-order valence-corrected chi connectivity index (χ1v) is 13.3. The lowest BCUT2D eigenvalue weighted by Crippen LogP contribution is -2.29. The van der Waals surface area contributed by atoms with Crippen molar-refractivity contribution in [3.63, 3.8) is 0 Å². The van der Waals surface area contributed by atoms with Crippen LogP contribution in [0.3, 0.4) is 0 Å². The highest BCUT2D eigenvalue weighted by Gasteiger charge is 2.19. The largest absolute Gasteiger partial charge is 0.379 e. The average molecular weight is 475 g/mol. The molecule has 1 aromatic heterocycles. The summed E-state index contributed by atoms with van der Waals surface area (Å²) in [7, 11) is -3.48. The third kappa shape index (κ3) is 6.54. The number of thiophene rings is 1. The number of hydrogen-bond acceptors (Lipinski definition) is 5. The fourth-order valence-corrected chi connectivity index (χ4v) is 5.08. The highest BCUT2D eigenvalue weighted by Crippen LogP contribution is 2.31. The first-order valence-electron chi connectivity index (χ1n) is 10.6. The van der Waals surface area contributed by atoms with Crippen molar-refractivity contribution in [2.75, 3.05) is 23.7 Å². The molecule has 0 atom stereocenters. The Morgan fingerprint density at radius 2 is 1.84 bits per heavy atom. The molecule has 0 unspecified atom stereocenters. The first kappa shape index (κ1) is 24.2. The highest BCUT2D eigenvalue weighted by atomic mass is 32.2. The summed E-state index contributed by atoms with van der Waals surface area (Å²) >= 11 is 1.40. The molecule has 8 heteroatoms. The maximum absolute atomic E-state index is 12.5. The number of fused-ring (bicyclic) bond motifs is 1. The van der Waals surface area contributed by atoms with Crippen molar-refractivity contribution in [1.82, 2.24) is 5.32 Å². The van der Waals surface area contributed by atoms with Crippen LogP contribution in [0.4, 0.5) is 5.69 Å². The summed E-state index contributed by atoms with van der Waals surface area (Å²) in [6, 6.07) is 15.1. The van der Waals surface area contributed by atoms with E-state index in [9.17, 15) is 13.2 Å². The van der Waals surface area contributed by atoms with Crippen LogP contribution < -0.4 is 9.62 Å². The van der Waals surface area contributed by atoms with Gasteiger partial charge in [0.05, 0.1) is 29.5 Å². The summed E-state index contributed by atoms with van der Waals surface area (Å²) in [4.78, 5) is 13.1. The van der Waals surface area contributed by atoms with Crippen LogP contribution >= 0.6 is 11.3 Å². The van der Waals surface area contributed by atoms with Gasteiger partial charge in [-0.25, -0.2) is 8.42 Å². The van der Waals surface area contributed by atoms with Crippen molar-refractivity contribution < 1.29 is 17.9 Å². The van der Waals surface area contributed by atoms with Gasteiger partial charge in [-0.3, -0.25) is 9.10 Å². The molecule has 32 heavy (non-hydrogen) atoms. The van der Waals surface area contributed by atoms with Gasteiger partial charge in [-0.15, -0.1) is 11.3 Å². The van der Waals surface area contributed by atoms with Crippen LogP contribution in [0.1, 0.15) is 41.1 Å². The zero-order valence-corrected chi connectivity index (χ0v) is 20.6. The number of carbonyl (C=O) groups excluding carboxylic acids is 1. The van der Waals surface area contributed by atoms with Gasteiger partial charge in [0.2, 0.25) is 10.0 Å². The summed E-state index contributed by atoms with van der Waals surface area (Å²) < 4.78 is 32.9. The van der Waals surface area contributed by atoms with Gasteiger partial charge in [-0.05, 0) is 62.4 Å². The predicted molar refractivity (Wildman–Crippen MR) is 132 cm³/mol. The molecule has 1 N–H and O–H groups in total. The van der Waals surface area contributed by atoms with E-state index in [0.717, 1.165) is 27.6 Å². The van der Waals surface area contributed by atoms with Gasteiger partial charge in [0, 0.05) is 17.9 Å². The number of rotatable bonds is 10. The van der Waals surface area contributed by atoms with Crippen molar-refractivity contribution in [1.29, 1.82) is 0 Å². The lowest BCUT2D eigenvalue weighted by molar-refractivity contribution is 0.0757. The third-order valence-electron chi connectivity index (χ3n) is 4.92. The van der Waals surface area contributed by atoms with Crippen LogP contribution in [0.2, 0.25) is 0 Å². The van der Waals surface area contributed by atoms with E-state index in [1.807, 2.05) is 63.2 Å². The van der Waals surface area contributed by atoms with Crippen LogP contribution in [-0.2, 0) is 21.3 Å². The Morgan fingerprint density at radius 3 is 2.50 bits per heavy atom. The molecule has 0 spiro atoms. The number of sulfonamides is 1. The maximum atomic E-state index is 12.5. The predicted octanol–water partition coefficient (Wildman–Crippen LogP) is 4.72. The smallest absolute Gasteiger partial charge is 0.261 e. The van der Waals surface area contributed by atoms with Crippen molar-refractivity contribution >= 4 is 43.0 Å². The number of hydrogen-bond donors (Lipinski definition) is 1. The van der Waals surface area contributed by atoms with Gasteiger partial charge in [0.15, 0.2) is 0 Å². The minimum absolute atomic E-state index is 0.128. The van der Waals surface area contributed by atoms with E-state index in [-0.39, 0.29) is 18.6 Å². The van der Waals surface area contributed by atoms with E-state index in [4.69, 9.17) is 4.74 Å². The van der Waals surface area contributed by atoms with Crippen molar-refractivity contribution in [3.05, 3.63) is 64.5 Å². The molecule has 0 aliphatic heterocycles. The molecule has 3 aromatic rings. The fraction of sp³-hybridized carbons (Fsp3) is 0.375. The quantitative estimate of drug-likeness (QED) is 0.432. The monoisotopic (exact) mass is 474 g/mol. The Kier molecular flexibility index (Phi) is 7.92. The highest BCUT2D eigenvalue weighted by molar-refractivity contribution is 7.92. The third-order valence-corrected chi connectivity index (χ3v) is 7.17. The van der Waals surface area contributed by atoms with Gasteiger partial charge >= 0.3 is 0 Å².